The lowest BCUT2D eigenvalue weighted by atomic mass is 10.1. The maximum absolute atomic E-state index is 6.67. The highest BCUT2D eigenvalue weighted by atomic mass is 16.3. The topological polar surface area (TPSA) is 82.8 Å². The third-order valence-corrected chi connectivity index (χ3v) is 9.68. The second kappa shape index (κ2) is 10.7. The number of fused-ring (bicyclic) bond motifs is 10. The van der Waals surface area contributed by atoms with E-state index < -0.39 is 0 Å². The zero-order valence-corrected chi connectivity index (χ0v) is 27.0. The maximum atomic E-state index is 6.67. The molecular weight excluding hydrogens is 631 g/mol. The number of para-hydroxylation sites is 1. The molecule has 51 heavy (non-hydrogen) atoms. The van der Waals surface area contributed by atoms with Crippen LogP contribution in [-0.4, -0.2) is 24.5 Å². The van der Waals surface area contributed by atoms with Gasteiger partial charge in [-0.05, 0) is 53.9 Å². The summed E-state index contributed by atoms with van der Waals surface area (Å²) in [4.78, 5) is 20.5. The van der Waals surface area contributed by atoms with Gasteiger partial charge in [0.05, 0.1) is 5.52 Å². The predicted octanol–water partition coefficient (Wildman–Crippen LogP) is 11.2. The fraction of sp³-hybridized carbons (Fsp3) is 0. The monoisotopic (exact) mass is 655 g/mol. The minimum absolute atomic E-state index is 0.484. The molecule has 0 radical (unpaired) electrons. The van der Waals surface area contributed by atoms with E-state index in [-0.39, 0.29) is 0 Å². The van der Waals surface area contributed by atoms with Crippen molar-refractivity contribution in [2.75, 3.05) is 0 Å². The van der Waals surface area contributed by atoms with E-state index in [0.29, 0.717) is 29.1 Å². The molecule has 0 saturated carbocycles. The Kier molecular flexibility index (Phi) is 5.83. The van der Waals surface area contributed by atoms with Crippen molar-refractivity contribution in [1.29, 1.82) is 0 Å². The van der Waals surface area contributed by atoms with Crippen LogP contribution < -0.4 is 0 Å². The van der Waals surface area contributed by atoms with E-state index in [2.05, 4.69) is 59.2 Å². The molecular formula is C44H25N5O2. The van der Waals surface area contributed by atoms with Crippen LogP contribution in [0.15, 0.2) is 160 Å². The van der Waals surface area contributed by atoms with E-state index in [0.717, 1.165) is 76.7 Å². The van der Waals surface area contributed by atoms with Crippen LogP contribution in [0.25, 0.3) is 106 Å². The molecule has 0 aliphatic rings. The Morgan fingerprint density at radius 2 is 1.08 bits per heavy atom. The SMILES string of the molecule is c1ccc(-c2nc(-c3ccc4oc5ccccc5c4c3)nc(-n3c4c5ccccc5ccc4c4ccc5nc(-c6ccccc6)oc5c43)n2)cc1. The summed E-state index contributed by atoms with van der Waals surface area (Å²) in [5, 5.41) is 6.33. The van der Waals surface area contributed by atoms with Gasteiger partial charge in [0, 0.05) is 43.6 Å². The summed E-state index contributed by atoms with van der Waals surface area (Å²) in [6.07, 6.45) is 0. The summed E-state index contributed by atoms with van der Waals surface area (Å²) in [6.45, 7) is 0. The minimum atomic E-state index is 0.484. The zero-order valence-electron chi connectivity index (χ0n) is 27.0. The van der Waals surface area contributed by atoms with E-state index in [9.17, 15) is 0 Å². The molecule has 4 heterocycles. The zero-order chi connectivity index (χ0) is 33.5. The molecule has 11 rings (SSSR count). The summed E-state index contributed by atoms with van der Waals surface area (Å²) in [6, 6.07) is 51.1. The number of oxazole rings is 1. The van der Waals surface area contributed by atoms with Gasteiger partial charge in [-0.2, -0.15) is 9.97 Å². The van der Waals surface area contributed by atoms with E-state index in [1.807, 2.05) is 97.1 Å². The van der Waals surface area contributed by atoms with Gasteiger partial charge in [-0.1, -0.05) is 103 Å². The van der Waals surface area contributed by atoms with Crippen LogP contribution in [0.3, 0.4) is 0 Å². The van der Waals surface area contributed by atoms with Crippen molar-refractivity contribution in [1.82, 2.24) is 24.5 Å². The summed E-state index contributed by atoms with van der Waals surface area (Å²) in [5.41, 5.74) is 7.57. The Bertz CT molecular complexity index is 3140. The lowest BCUT2D eigenvalue weighted by molar-refractivity contribution is 0.621. The average Bonchev–Trinajstić information content (AvgIpc) is 3.90. The van der Waals surface area contributed by atoms with Gasteiger partial charge in [0.25, 0.3) is 0 Å². The Balaban J connectivity index is 1.26. The predicted molar refractivity (Wildman–Crippen MR) is 203 cm³/mol. The number of benzene rings is 7. The van der Waals surface area contributed by atoms with Crippen LogP contribution in [-0.2, 0) is 0 Å². The molecule has 0 unspecified atom stereocenters. The summed E-state index contributed by atoms with van der Waals surface area (Å²) in [7, 11) is 0. The average molecular weight is 656 g/mol. The van der Waals surface area contributed by atoms with Crippen molar-refractivity contribution in [3.8, 4) is 40.2 Å². The Morgan fingerprint density at radius 1 is 0.412 bits per heavy atom. The molecule has 0 amide bonds. The number of aromatic nitrogens is 5. The highest BCUT2D eigenvalue weighted by molar-refractivity contribution is 6.22. The first kappa shape index (κ1) is 27.8. The van der Waals surface area contributed by atoms with Gasteiger partial charge in [0.15, 0.2) is 17.2 Å². The van der Waals surface area contributed by atoms with E-state index in [1.165, 1.54) is 0 Å². The van der Waals surface area contributed by atoms with E-state index >= 15 is 0 Å². The molecule has 7 heteroatoms. The number of hydrogen-bond donors (Lipinski definition) is 0. The summed E-state index contributed by atoms with van der Waals surface area (Å²) in [5.74, 6) is 2.16. The van der Waals surface area contributed by atoms with Crippen molar-refractivity contribution in [2.45, 2.75) is 0 Å². The van der Waals surface area contributed by atoms with Gasteiger partial charge in [-0.15, -0.1) is 0 Å². The molecule has 7 aromatic carbocycles. The molecule has 11 aromatic rings. The normalized spacial score (nSPS) is 11.9. The van der Waals surface area contributed by atoms with Crippen molar-refractivity contribution < 1.29 is 8.83 Å². The molecule has 238 valence electrons. The summed E-state index contributed by atoms with van der Waals surface area (Å²) < 4.78 is 15.0. The van der Waals surface area contributed by atoms with E-state index in [4.69, 9.17) is 28.8 Å². The van der Waals surface area contributed by atoms with Crippen molar-refractivity contribution >= 4 is 65.6 Å². The number of furan rings is 1. The van der Waals surface area contributed by atoms with Gasteiger partial charge in [-0.3, -0.25) is 4.57 Å². The minimum Gasteiger partial charge on any atom is -0.456 e. The van der Waals surface area contributed by atoms with Crippen LogP contribution in [0.5, 0.6) is 0 Å². The molecule has 0 atom stereocenters. The first-order valence-corrected chi connectivity index (χ1v) is 16.8. The number of rotatable bonds is 4. The molecule has 0 aliphatic carbocycles. The summed E-state index contributed by atoms with van der Waals surface area (Å²) >= 11 is 0. The van der Waals surface area contributed by atoms with Gasteiger partial charge in [-0.25, -0.2) is 9.97 Å². The van der Waals surface area contributed by atoms with Crippen LogP contribution in [0.4, 0.5) is 0 Å². The number of hydrogen-bond acceptors (Lipinski definition) is 6. The molecule has 0 N–H and O–H groups in total. The van der Waals surface area contributed by atoms with Gasteiger partial charge >= 0.3 is 0 Å². The molecule has 0 fully saturated rings. The number of nitrogens with zero attached hydrogens (tertiary/aromatic N) is 5. The lowest BCUT2D eigenvalue weighted by Crippen LogP contribution is -2.06. The van der Waals surface area contributed by atoms with Crippen LogP contribution in [0.1, 0.15) is 0 Å². The molecule has 0 aliphatic heterocycles. The first-order valence-electron chi connectivity index (χ1n) is 16.8. The third-order valence-electron chi connectivity index (χ3n) is 9.68. The van der Waals surface area contributed by atoms with E-state index in [1.54, 1.807) is 0 Å². The fourth-order valence-electron chi connectivity index (χ4n) is 7.32. The standard InChI is InChI=1S/C44H25N5O2/c1-3-12-27(13-4-1)41-46-42(29-20-24-37-34(25-29)31-17-9-10-18-36(31)50-37)48-44(47-41)49-38-30-16-8-7-11-26(30)19-21-32(38)33-22-23-35-40(39(33)49)51-43(45-35)28-14-5-2-6-15-28/h1-25H. The highest BCUT2D eigenvalue weighted by Crippen LogP contribution is 2.41. The lowest BCUT2D eigenvalue weighted by Gasteiger charge is -2.12. The van der Waals surface area contributed by atoms with Crippen molar-refractivity contribution in [3.05, 3.63) is 152 Å². The Morgan fingerprint density at radius 3 is 1.92 bits per heavy atom. The molecule has 0 saturated heterocycles. The smallest absolute Gasteiger partial charge is 0.238 e. The molecule has 0 spiro atoms. The van der Waals surface area contributed by atoms with Gasteiger partial charge in [0.2, 0.25) is 11.8 Å². The Labute approximate surface area is 290 Å². The molecule has 7 nitrogen and oxygen atoms in total. The fourth-order valence-corrected chi connectivity index (χ4v) is 7.32. The van der Waals surface area contributed by atoms with Crippen LogP contribution in [0.2, 0.25) is 0 Å². The first-order chi connectivity index (χ1) is 25.3. The quantitative estimate of drug-likeness (QED) is 0.188. The molecule has 0 bridgehead atoms. The highest BCUT2D eigenvalue weighted by Gasteiger charge is 2.24. The second-order valence-electron chi connectivity index (χ2n) is 12.7. The Hall–Kier alpha value is -7.12. The van der Waals surface area contributed by atoms with Crippen LogP contribution >= 0.6 is 0 Å². The second-order valence-corrected chi connectivity index (χ2v) is 12.7. The van der Waals surface area contributed by atoms with Crippen LogP contribution in [0, 0.1) is 0 Å². The third kappa shape index (κ3) is 4.25. The van der Waals surface area contributed by atoms with Gasteiger partial charge < -0.3 is 8.83 Å². The van der Waals surface area contributed by atoms with Crippen molar-refractivity contribution in [3.63, 3.8) is 0 Å². The van der Waals surface area contributed by atoms with Crippen molar-refractivity contribution in [2.24, 2.45) is 0 Å². The maximum Gasteiger partial charge on any atom is 0.238 e. The largest absolute Gasteiger partial charge is 0.456 e. The molecule has 4 aromatic heterocycles. The van der Waals surface area contributed by atoms with Gasteiger partial charge in [0.1, 0.15) is 22.2 Å².